The van der Waals surface area contributed by atoms with Crippen LogP contribution in [-0.2, 0) is 0 Å². The normalized spacial score (nSPS) is 64.0. The molecule has 0 amide bonds. The van der Waals surface area contributed by atoms with E-state index in [4.69, 9.17) is 0 Å². The van der Waals surface area contributed by atoms with Gasteiger partial charge in [-0.15, -0.1) is 0 Å². The predicted molar refractivity (Wildman–Crippen MR) is 165 cm³/mol. The van der Waals surface area contributed by atoms with E-state index in [0.29, 0.717) is 40.9 Å². The van der Waals surface area contributed by atoms with Crippen molar-refractivity contribution in [3.8, 4) is 0 Å². The molecular weight excluding hydrogens is 520 g/mol. The van der Waals surface area contributed by atoms with Gasteiger partial charge in [0.15, 0.2) is 0 Å². The quantitative estimate of drug-likeness (QED) is 0.266. The van der Waals surface area contributed by atoms with E-state index in [1.165, 1.54) is 57.8 Å². The van der Waals surface area contributed by atoms with Crippen LogP contribution in [0.1, 0.15) is 137 Å². The zero-order chi connectivity index (χ0) is 29.4. The molecule has 8 rings (SSSR count). The van der Waals surface area contributed by atoms with Crippen molar-refractivity contribution >= 4 is 0 Å². The van der Waals surface area contributed by atoms with Crippen molar-refractivity contribution in [1.29, 1.82) is 0 Å². The molecule has 0 spiro atoms. The molecule has 0 radical (unpaired) electrons. The molecule has 8 saturated carbocycles. The molecule has 0 aromatic carbocycles. The van der Waals surface area contributed by atoms with Gasteiger partial charge in [0.1, 0.15) is 0 Å². The first kappa shape index (κ1) is 29.3. The fourth-order valence-electron chi connectivity index (χ4n) is 15.7. The van der Waals surface area contributed by atoms with Crippen molar-refractivity contribution in [1.82, 2.24) is 0 Å². The topological polar surface area (TPSA) is 80.9 Å². The van der Waals surface area contributed by atoms with E-state index >= 15 is 0 Å². The number of hydrogen-bond acceptors (Lipinski definition) is 4. The number of aliphatic hydroxyl groups is 4. The first-order valence-corrected chi connectivity index (χ1v) is 18.6. The van der Waals surface area contributed by atoms with Crippen LogP contribution in [0.15, 0.2) is 0 Å². The summed E-state index contributed by atoms with van der Waals surface area (Å²) in [5, 5.41) is 46.2. The van der Waals surface area contributed by atoms with Gasteiger partial charge in [0.05, 0.1) is 23.9 Å². The van der Waals surface area contributed by atoms with Gasteiger partial charge in [-0.3, -0.25) is 0 Å². The maximum Gasteiger partial charge on any atom is 0.0685 e. The van der Waals surface area contributed by atoms with Crippen LogP contribution >= 0.6 is 0 Å². The molecule has 4 heteroatoms. The highest BCUT2D eigenvalue weighted by Crippen LogP contribution is 2.72. The Morgan fingerprint density at radius 3 is 1.69 bits per heavy atom. The molecule has 7 unspecified atom stereocenters. The molecule has 0 aliphatic heterocycles. The molecule has 4 nitrogen and oxygen atoms in total. The largest absolute Gasteiger partial charge is 0.393 e. The monoisotopic (exact) mass is 582 g/mol. The first-order valence-electron chi connectivity index (χ1n) is 18.6. The Labute approximate surface area is 255 Å². The third-order valence-electron chi connectivity index (χ3n) is 18.1. The number of fused-ring (bicyclic) bond motifs is 10. The van der Waals surface area contributed by atoms with Crippen LogP contribution in [0, 0.1) is 74.9 Å². The van der Waals surface area contributed by atoms with Crippen molar-refractivity contribution in [3.63, 3.8) is 0 Å². The molecule has 238 valence electrons. The molecule has 8 aliphatic carbocycles. The van der Waals surface area contributed by atoms with Crippen LogP contribution in [0.25, 0.3) is 0 Å². The van der Waals surface area contributed by atoms with Gasteiger partial charge in [-0.2, -0.15) is 0 Å². The summed E-state index contributed by atoms with van der Waals surface area (Å²) in [5.41, 5.74) is -0.0646. The maximum absolute atomic E-state index is 13.0. The Kier molecular flexibility index (Phi) is 6.58. The van der Waals surface area contributed by atoms with E-state index in [2.05, 4.69) is 27.7 Å². The summed E-state index contributed by atoms with van der Waals surface area (Å²) >= 11 is 0. The van der Waals surface area contributed by atoms with E-state index in [9.17, 15) is 20.4 Å². The summed E-state index contributed by atoms with van der Waals surface area (Å²) in [7, 11) is 0. The minimum atomic E-state index is -0.671. The Balaban J connectivity index is 1.08. The SMILES string of the molecule is C[C@]12C(CC[C@@H]3[C@H]1CC[C@]1(C)C(O)CC[C@@H]31)CC(O)CC2C1(O)CC[C@@]2(C)C(CC[C@@H]3[C@H]2CC[C@]2(C)C(O)CC[C@@H]32)C1. The summed E-state index contributed by atoms with van der Waals surface area (Å²) in [5.74, 6) is 5.38. The predicted octanol–water partition coefficient (Wildman–Crippen LogP) is 7.11. The van der Waals surface area contributed by atoms with Gasteiger partial charge in [0.25, 0.3) is 0 Å². The fourth-order valence-corrected chi connectivity index (χ4v) is 15.7. The minimum Gasteiger partial charge on any atom is -0.393 e. The lowest BCUT2D eigenvalue weighted by Crippen LogP contribution is -2.65. The van der Waals surface area contributed by atoms with Crippen LogP contribution in [0.4, 0.5) is 0 Å². The standard InChI is InChI=1S/C38H62O4/c1-34-17-18-38(42,21-23(34)6-8-25-27-9-11-32(40)35(27,2)15-13-29(25)34)31-20-24(39)19-22-5-7-26-28-10-12-33(41)36(28,3)16-14-30(26)37(22,31)4/h22-33,39-42H,5-21H2,1-4H3/t22?,23?,24?,25-,26-,27-,28-,29+,30+,31?,32?,33?,34-,35-,36-,37-,38?/m0/s1. The van der Waals surface area contributed by atoms with Gasteiger partial charge < -0.3 is 20.4 Å². The summed E-state index contributed by atoms with van der Waals surface area (Å²) in [4.78, 5) is 0. The molecule has 17 atom stereocenters. The van der Waals surface area contributed by atoms with E-state index in [0.717, 1.165) is 63.2 Å². The van der Waals surface area contributed by atoms with E-state index in [-0.39, 0.29) is 40.5 Å². The van der Waals surface area contributed by atoms with Gasteiger partial charge in [-0.1, -0.05) is 27.7 Å². The number of rotatable bonds is 1. The lowest BCUT2D eigenvalue weighted by molar-refractivity contribution is -0.234. The molecule has 42 heavy (non-hydrogen) atoms. The Bertz CT molecular complexity index is 1080. The molecule has 0 saturated heterocycles. The Morgan fingerprint density at radius 1 is 0.500 bits per heavy atom. The molecule has 4 N–H and O–H groups in total. The van der Waals surface area contributed by atoms with Crippen molar-refractivity contribution in [3.05, 3.63) is 0 Å². The van der Waals surface area contributed by atoms with Crippen LogP contribution in [0.5, 0.6) is 0 Å². The third kappa shape index (κ3) is 3.68. The first-order chi connectivity index (χ1) is 19.8. The van der Waals surface area contributed by atoms with E-state index < -0.39 is 5.60 Å². The molecule has 0 aromatic rings. The molecule has 0 heterocycles. The van der Waals surface area contributed by atoms with Gasteiger partial charge >= 0.3 is 0 Å². The number of hydrogen-bond donors (Lipinski definition) is 4. The molecule has 0 bridgehead atoms. The smallest absolute Gasteiger partial charge is 0.0685 e. The van der Waals surface area contributed by atoms with E-state index in [1.54, 1.807) is 0 Å². The molecular formula is C38H62O4. The van der Waals surface area contributed by atoms with Crippen LogP contribution in [0.3, 0.4) is 0 Å². The zero-order valence-corrected chi connectivity index (χ0v) is 27.2. The van der Waals surface area contributed by atoms with Gasteiger partial charge in [0.2, 0.25) is 0 Å². The van der Waals surface area contributed by atoms with Gasteiger partial charge in [0, 0.05) is 0 Å². The summed E-state index contributed by atoms with van der Waals surface area (Å²) in [6, 6.07) is 0. The Hall–Kier alpha value is -0.160. The van der Waals surface area contributed by atoms with E-state index in [1.807, 2.05) is 0 Å². The zero-order valence-electron chi connectivity index (χ0n) is 27.2. The highest BCUT2D eigenvalue weighted by atomic mass is 16.3. The number of aliphatic hydroxyl groups excluding tert-OH is 3. The average Bonchev–Trinajstić information content (AvgIpc) is 3.43. The average molecular weight is 583 g/mol. The highest BCUT2D eigenvalue weighted by molar-refractivity contribution is 5.17. The second-order valence-electron chi connectivity index (χ2n) is 18.9. The van der Waals surface area contributed by atoms with Crippen molar-refractivity contribution < 1.29 is 20.4 Å². The molecule has 8 aliphatic rings. The summed E-state index contributed by atoms with van der Waals surface area (Å²) < 4.78 is 0. The van der Waals surface area contributed by atoms with Crippen molar-refractivity contribution in [2.45, 2.75) is 161 Å². The summed E-state index contributed by atoms with van der Waals surface area (Å²) in [6.07, 6.45) is 18.3. The third-order valence-corrected chi connectivity index (χ3v) is 18.1. The minimum absolute atomic E-state index is 0.0850. The lowest BCUT2D eigenvalue weighted by atomic mass is 9.38. The van der Waals surface area contributed by atoms with Crippen molar-refractivity contribution in [2.24, 2.45) is 74.9 Å². The van der Waals surface area contributed by atoms with Crippen molar-refractivity contribution in [2.75, 3.05) is 0 Å². The summed E-state index contributed by atoms with van der Waals surface area (Å²) in [6.45, 7) is 9.96. The lowest BCUT2D eigenvalue weighted by Gasteiger charge is -2.67. The molecule has 0 aromatic heterocycles. The van der Waals surface area contributed by atoms with Crippen LogP contribution < -0.4 is 0 Å². The molecule has 8 fully saturated rings. The second kappa shape index (κ2) is 9.45. The van der Waals surface area contributed by atoms with Gasteiger partial charge in [-0.05, 0) is 184 Å². The second-order valence-corrected chi connectivity index (χ2v) is 18.9. The maximum atomic E-state index is 13.0. The fraction of sp³-hybridized carbons (Fsp3) is 1.00. The van der Waals surface area contributed by atoms with Crippen LogP contribution in [-0.4, -0.2) is 44.3 Å². The van der Waals surface area contributed by atoms with Crippen LogP contribution in [0.2, 0.25) is 0 Å². The Morgan fingerprint density at radius 2 is 1.05 bits per heavy atom. The highest BCUT2D eigenvalue weighted by Gasteiger charge is 2.67. The van der Waals surface area contributed by atoms with Gasteiger partial charge in [-0.25, -0.2) is 0 Å².